The lowest BCUT2D eigenvalue weighted by Gasteiger charge is -2.30. The number of imidazole rings is 1. The summed E-state index contributed by atoms with van der Waals surface area (Å²) in [6.45, 7) is 6.73. The smallest absolute Gasteiger partial charge is 0.269 e. The van der Waals surface area contributed by atoms with Crippen molar-refractivity contribution in [1.82, 2.24) is 14.1 Å². The van der Waals surface area contributed by atoms with E-state index in [1.54, 1.807) is 0 Å². The summed E-state index contributed by atoms with van der Waals surface area (Å²) in [6, 6.07) is 93.5. The third-order valence-corrected chi connectivity index (χ3v) is 17.8. The van der Waals surface area contributed by atoms with E-state index in [1.807, 2.05) is 12.3 Å². The van der Waals surface area contributed by atoms with Gasteiger partial charge in [-0.25, -0.2) is 4.98 Å². The van der Waals surface area contributed by atoms with Crippen molar-refractivity contribution in [3.8, 4) is 95.5 Å². The summed E-state index contributed by atoms with van der Waals surface area (Å²) in [5, 5.41) is 2.32. The Hall–Kier alpha value is -10.4. The second-order valence-electron chi connectivity index (χ2n) is 23.2. The van der Waals surface area contributed by atoms with Gasteiger partial charge in [0.2, 0.25) is 0 Å². The number of para-hydroxylation sites is 3. The predicted octanol–water partition coefficient (Wildman–Crippen LogP) is 18.6. The van der Waals surface area contributed by atoms with Crippen molar-refractivity contribution < 1.29 is 9.30 Å². The molecule has 3 aliphatic rings. The summed E-state index contributed by atoms with van der Waals surface area (Å²) in [4.78, 5) is 4.92. The molecule has 1 spiro atoms. The van der Waals surface area contributed by atoms with Crippen LogP contribution in [-0.4, -0.2) is 14.1 Å². The van der Waals surface area contributed by atoms with Gasteiger partial charge in [0.25, 0.3) is 6.33 Å². The summed E-state index contributed by atoms with van der Waals surface area (Å²) >= 11 is 0. The van der Waals surface area contributed by atoms with Crippen molar-refractivity contribution in [2.45, 2.75) is 31.6 Å². The van der Waals surface area contributed by atoms with Gasteiger partial charge in [0.05, 0.1) is 38.9 Å². The quantitative estimate of drug-likeness (QED) is 0.127. The summed E-state index contributed by atoms with van der Waals surface area (Å²) in [5.74, 6) is 2.35. The van der Waals surface area contributed by atoms with E-state index >= 15 is 0 Å². The zero-order valence-electron chi connectivity index (χ0n) is 45.5. The van der Waals surface area contributed by atoms with Crippen LogP contribution >= 0.6 is 0 Å². The molecule has 0 saturated carbocycles. The average Bonchev–Trinajstić information content (AvgIpc) is 2.30. The van der Waals surface area contributed by atoms with Gasteiger partial charge in [-0.05, 0) is 167 Å². The monoisotopic (exact) mass is 1050 g/mol. The molecule has 17 rings (SSSR count). The number of rotatable bonds is 5. The van der Waals surface area contributed by atoms with Crippen LogP contribution in [0.25, 0.3) is 117 Å². The van der Waals surface area contributed by atoms with Gasteiger partial charge < -0.3 is 4.74 Å². The van der Waals surface area contributed by atoms with Crippen molar-refractivity contribution in [3.63, 3.8) is 0 Å². The molecular formula is C77H52N4O. The van der Waals surface area contributed by atoms with Crippen LogP contribution in [0.1, 0.15) is 48.6 Å². The molecule has 14 aromatic rings. The normalized spacial score (nSPS) is 13.2. The van der Waals surface area contributed by atoms with Crippen molar-refractivity contribution in [2.24, 2.45) is 0 Å². The molecular weight excluding hydrogens is 997 g/mol. The number of hydrogen-bond acceptors (Lipinski definition) is 2. The second-order valence-corrected chi connectivity index (χ2v) is 23.2. The molecule has 1 aliphatic heterocycles. The van der Waals surface area contributed by atoms with E-state index in [2.05, 4.69) is 290 Å². The Morgan fingerprint density at radius 1 is 0.415 bits per heavy atom. The highest BCUT2D eigenvalue weighted by Gasteiger charge is 2.51. The molecule has 0 atom stereocenters. The zero-order chi connectivity index (χ0) is 54.4. The Labute approximate surface area is 475 Å². The van der Waals surface area contributed by atoms with Gasteiger partial charge in [0.1, 0.15) is 17.3 Å². The average molecular weight is 1050 g/mol. The van der Waals surface area contributed by atoms with Gasteiger partial charge in [-0.2, -0.15) is 0 Å². The highest BCUT2D eigenvalue weighted by atomic mass is 16.5. The Bertz CT molecular complexity index is 4960. The molecule has 0 unspecified atom stereocenters. The van der Waals surface area contributed by atoms with Gasteiger partial charge in [-0.15, -0.1) is 0 Å². The van der Waals surface area contributed by atoms with E-state index in [9.17, 15) is 0 Å². The Morgan fingerprint density at radius 3 is 1.72 bits per heavy atom. The lowest BCUT2D eigenvalue weighted by atomic mass is 9.70. The summed E-state index contributed by atoms with van der Waals surface area (Å²) in [7, 11) is 0. The third-order valence-electron chi connectivity index (χ3n) is 17.8. The molecule has 0 amide bonds. The van der Waals surface area contributed by atoms with Crippen LogP contribution in [0.15, 0.2) is 261 Å². The van der Waals surface area contributed by atoms with Crippen LogP contribution in [0.3, 0.4) is 0 Å². The Morgan fingerprint density at radius 2 is 0.976 bits per heavy atom. The number of hydrogen-bond donors (Lipinski definition) is 0. The fourth-order valence-electron chi connectivity index (χ4n) is 14.1. The second kappa shape index (κ2) is 17.3. The van der Waals surface area contributed by atoms with Gasteiger partial charge in [-0.3, -0.25) is 13.7 Å². The topological polar surface area (TPSA) is 35.9 Å². The van der Waals surface area contributed by atoms with Crippen molar-refractivity contribution in [3.05, 3.63) is 295 Å². The first-order valence-electron chi connectivity index (χ1n) is 28.3. The molecule has 0 N–H and O–H groups in total. The highest BCUT2D eigenvalue weighted by molar-refractivity contribution is 6.10. The first kappa shape index (κ1) is 46.5. The number of aromatic nitrogens is 4. The Kier molecular flexibility index (Phi) is 9.83. The van der Waals surface area contributed by atoms with Gasteiger partial charge >= 0.3 is 0 Å². The molecule has 4 heterocycles. The first-order chi connectivity index (χ1) is 40.3. The SMILES string of the molecule is CC(C)(C)c1ccnc(-n2c3ccccc3c3ccc(Oc4cccc(-n5[c-][n+]6c7c(cccc75)-c5ccccc5-c5ccc(-c7ccc8c(c7)C7(c9ccccc9-c9ccccc97)c7ccccc7-8)cc5-c5ccccc5-6)c4)cc32)c1. The number of nitrogens with zero attached hydrogens (tertiary/aromatic N) is 4. The maximum Gasteiger partial charge on any atom is 0.269 e. The summed E-state index contributed by atoms with van der Waals surface area (Å²) in [6.07, 6.45) is 5.85. The molecule has 386 valence electrons. The van der Waals surface area contributed by atoms with Crippen LogP contribution < -0.4 is 9.30 Å². The molecule has 82 heavy (non-hydrogen) atoms. The minimum absolute atomic E-state index is 0.0287. The van der Waals surface area contributed by atoms with E-state index in [1.165, 1.54) is 72.1 Å². The molecule has 0 fully saturated rings. The molecule has 11 aromatic carbocycles. The molecule has 2 aliphatic carbocycles. The van der Waals surface area contributed by atoms with Gasteiger partial charge in [0, 0.05) is 23.0 Å². The van der Waals surface area contributed by atoms with Gasteiger partial charge in [0.15, 0.2) is 0 Å². The van der Waals surface area contributed by atoms with Crippen molar-refractivity contribution in [1.29, 1.82) is 0 Å². The highest BCUT2D eigenvalue weighted by Crippen LogP contribution is 2.63. The van der Waals surface area contributed by atoms with E-state index in [4.69, 9.17) is 9.72 Å². The standard InChI is InChI=1S/C77H52N4O/c1-76(2,3)50-40-41-78-74(44-50)81-71-32-15-10-25-61(71)63-39-36-53(46-73(63)81)82-52-19-16-18-51(45-52)79-47-80-70-31-14-9-26-62(70)65-42-48(34-37-56(65)54-20-4-5-21-55(54)64-27-17-33-72(79)75(64)80)49-35-38-60-59-24-8-13-30-68(59)77(69(60)43-49)66-28-11-6-22-57(66)58-23-7-12-29-67(58)77/h4-46H,1-3H3. The fraction of sp³-hybridized carbons (Fsp3) is 0.0649. The minimum Gasteiger partial charge on any atom is -0.458 e. The van der Waals surface area contributed by atoms with E-state index in [0.29, 0.717) is 0 Å². The molecule has 0 radical (unpaired) electrons. The van der Waals surface area contributed by atoms with Crippen LogP contribution in [0.5, 0.6) is 11.5 Å². The third kappa shape index (κ3) is 6.62. The predicted molar refractivity (Wildman–Crippen MR) is 333 cm³/mol. The summed E-state index contributed by atoms with van der Waals surface area (Å²) in [5.41, 5.74) is 26.9. The number of pyridine rings is 1. The molecule has 5 heteroatoms. The van der Waals surface area contributed by atoms with Crippen LogP contribution in [0.4, 0.5) is 0 Å². The number of fused-ring (bicyclic) bond motifs is 20. The molecule has 0 bridgehead atoms. The largest absolute Gasteiger partial charge is 0.458 e. The number of benzene rings is 11. The number of ether oxygens (including phenoxy) is 1. The maximum atomic E-state index is 6.87. The van der Waals surface area contributed by atoms with Gasteiger partial charge in [-0.1, -0.05) is 203 Å². The Balaban J connectivity index is 0.799. The lowest BCUT2D eigenvalue weighted by Crippen LogP contribution is -2.30. The van der Waals surface area contributed by atoms with Crippen molar-refractivity contribution >= 4 is 32.8 Å². The van der Waals surface area contributed by atoms with Crippen LogP contribution in [0.2, 0.25) is 0 Å². The molecule has 3 aromatic heterocycles. The molecule has 5 nitrogen and oxygen atoms in total. The molecule has 0 saturated heterocycles. The minimum atomic E-state index is -0.432. The lowest BCUT2D eigenvalue weighted by molar-refractivity contribution is -0.571. The van der Waals surface area contributed by atoms with E-state index in [0.717, 1.165) is 84.0 Å². The van der Waals surface area contributed by atoms with Crippen LogP contribution in [-0.2, 0) is 10.8 Å². The zero-order valence-corrected chi connectivity index (χ0v) is 45.5. The first-order valence-corrected chi connectivity index (χ1v) is 28.3. The van der Waals surface area contributed by atoms with Crippen LogP contribution in [0, 0.1) is 6.33 Å². The summed E-state index contributed by atoms with van der Waals surface area (Å²) < 4.78 is 13.6. The van der Waals surface area contributed by atoms with E-state index in [-0.39, 0.29) is 5.41 Å². The maximum absolute atomic E-state index is 6.87. The van der Waals surface area contributed by atoms with E-state index < -0.39 is 5.41 Å². The fourth-order valence-corrected chi connectivity index (χ4v) is 14.1. The van der Waals surface area contributed by atoms with Crippen molar-refractivity contribution in [2.75, 3.05) is 0 Å².